The average Bonchev–Trinajstić information content (AvgIpc) is 4.02. The Hall–Kier alpha value is -6.33. The highest BCUT2D eigenvalue weighted by molar-refractivity contribution is 5.94. The lowest BCUT2D eigenvalue weighted by Gasteiger charge is -2.41. The molecule has 1 aliphatic carbocycles. The third-order valence-electron chi connectivity index (χ3n) is 15.8. The average molecular weight is 1050 g/mol. The summed E-state index contributed by atoms with van der Waals surface area (Å²) in [5.41, 5.74) is 4.04. The van der Waals surface area contributed by atoms with Gasteiger partial charge in [-0.3, -0.25) is 24.0 Å². The van der Waals surface area contributed by atoms with Crippen LogP contribution in [0.25, 0.3) is 11.1 Å². The van der Waals surface area contributed by atoms with Gasteiger partial charge in [-0.05, 0) is 79.2 Å². The van der Waals surface area contributed by atoms with Crippen molar-refractivity contribution in [2.75, 3.05) is 48.0 Å². The fraction of sp³-hybridized carbons (Fsp3) is 0.576. The number of alkyl carbamates (subject to hydrolysis) is 1. The molecule has 3 aromatic carbocycles. The van der Waals surface area contributed by atoms with Crippen LogP contribution in [-0.2, 0) is 49.4 Å². The van der Waals surface area contributed by atoms with Crippen LogP contribution in [0.4, 0.5) is 4.79 Å². The Morgan fingerprint density at radius 1 is 0.816 bits per heavy atom. The molecule has 6 amide bonds. The molecular weight excluding hydrogens is 969 g/mol. The fourth-order valence-corrected chi connectivity index (χ4v) is 10.8. The molecule has 0 saturated carbocycles. The normalized spacial score (nSPS) is 17.0. The number of amides is 6. The second kappa shape index (κ2) is 28.2. The van der Waals surface area contributed by atoms with Gasteiger partial charge in [0.15, 0.2) is 0 Å². The second-order valence-corrected chi connectivity index (χ2v) is 21.4. The molecule has 0 aromatic heterocycles. The van der Waals surface area contributed by atoms with E-state index in [1.165, 1.54) is 19.1 Å². The first-order chi connectivity index (χ1) is 36.2. The van der Waals surface area contributed by atoms with Crippen molar-refractivity contribution in [2.45, 2.75) is 154 Å². The van der Waals surface area contributed by atoms with Crippen molar-refractivity contribution in [3.8, 4) is 11.1 Å². The number of rotatable bonds is 28. The highest BCUT2D eigenvalue weighted by Crippen LogP contribution is 2.44. The second-order valence-electron chi connectivity index (χ2n) is 21.4. The molecule has 17 heteroatoms. The number of aliphatic carboxylic acids is 1. The molecule has 76 heavy (non-hydrogen) atoms. The van der Waals surface area contributed by atoms with Crippen LogP contribution >= 0.6 is 0 Å². The van der Waals surface area contributed by atoms with Gasteiger partial charge in [-0.1, -0.05) is 126 Å². The highest BCUT2D eigenvalue weighted by atomic mass is 16.5. The van der Waals surface area contributed by atoms with Gasteiger partial charge in [0.2, 0.25) is 29.5 Å². The number of methoxy groups -OCH3 is 2. The molecule has 1 heterocycles. The summed E-state index contributed by atoms with van der Waals surface area (Å²) >= 11 is 0. The number of nitrogens with zero attached hydrogens (tertiary/aromatic N) is 3. The molecule has 416 valence electrons. The number of benzene rings is 3. The molecule has 17 nitrogen and oxygen atoms in total. The number of unbranched alkanes of at least 4 members (excludes halogenated alkanes) is 2. The zero-order valence-electron chi connectivity index (χ0n) is 46.6. The smallest absolute Gasteiger partial charge is 0.407 e. The van der Waals surface area contributed by atoms with E-state index in [4.69, 9.17) is 14.2 Å². The van der Waals surface area contributed by atoms with Gasteiger partial charge in [-0.25, -0.2) is 9.59 Å². The summed E-state index contributed by atoms with van der Waals surface area (Å²) in [5.74, 6) is -4.32. The monoisotopic (exact) mass is 1050 g/mol. The van der Waals surface area contributed by atoms with Gasteiger partial charge < -0.3 is 50.0 Å². The SMILES string of the molecule is CCC(C)C(C(CC(=O)N1CCC[C@H]1C(OC)C(C)C(=O)NC(Cc1ccccc1)C(=O)O)OC)N(C)C(=O)C(NC(=O)C(C)(C)N(C)C(=O)CCCCCNC(=O)OCC1c2ccccc2-c2ccccc21)C(C)C. The van der Waals surface area contributed by atoms with Crippen LogP contribution in [-0.4, -0.2) is 151 Å². The Morgan fingerprint density at radius 3 is 2.01 bits per heavy atom. The first-order valence-electron chi connectivity index (χ1n) is 27.0. The van der Waals surface area contributed by atoms with Crippen LogP contribution in [0, 0.1) is 17.8 Å². The first-order valence-corrected chi connectivity index (χ1v) is 27.0. The van der Waals surface area contributed by atoms with Crippen LogP contribution in [0.2, 0.25) is 0 Å². The van der Waals surface area contributed by atoms with E-state index < -0.39 is 71.7 Å². The highest BCUT2D eigenvalue weighted by Gasteiger charge is 2.44. The van der Waals surface area contributed by atoms with Crippen LogP contribution < -0.4 is 16.0 Å². The largest absolute Gasteiger partial charge is 0.480 e. The zero-order valence-corrected chi connectivity index (χ0v) is 46.6. The van der Waals surface area contributed by atoms with Crippen molar-refractivity contribution >= 4 is 41.6 Å². The number of nitrogens with one attached hydrogen (secondary N) is 3. The number of carboxylic acids is 1. The van der Waals surface area contributed by atoms with Crippen molar-refractivity contribution in [3.63, 3.8) is 0 Å². The maximum Gasteiger partial charge on any atom is 0.407 e. The summed E-state index contributed by atoms with van der Waals surface area (Å²) in [5, 5.41) is 18.4. The fourth-order valence-electron chi connectivity index (χ4n) is 10.8. The van der Waals surface area contributed by atoms with E-state index in [0.717, 1.165) is 27.8 Å². The standard InChI is InChI=1S/C59H84N6O11/c1-12-38(4)52(48(74-10)35-50(67)65-33-23-30-47(65)53(75-11)39(5)54(68)61-46(56(70)71)34-40-24-15-13-16-25-40)63(8)55(69)51(37(2)3)62-57(72)59(6,7)64(9)49(66)31-17-14-22-32-60-58(73)76-36-45-43-28-20-18-26-41(43)42-27-19-21-29-44(42)45/h13,15-16,18-21,24-29,37-39,45-48,51-53H,12,14,17,22-23,30-36H2,1-11H3,(H,60,73)(H,61,68)(H,62,72)(H,70,71)/t38?,39?,46?,47-,48?,51?,52?,53?/m0/s1. The van der Waals surface area contributed by atoms with Crippen LogP contribution in [0.15, 0.2) is 78.9 Å². The Morgan fingerprint density at radius 2 is 1.43 bits per heavy atom. The van der Waals surface area contributed by atoms with Gasteiger partial charge in [0.25, 0.3) is 0 Å². The molecule has 1 saturated heterocycles. The molecule has 0 radical (unpaired) electrons. The summed E-state index contributed by atoms with van der Waals surface area (Å²) < 4.78 is 17.6. The van der Waals surface area contributed by atoms with Gasteiger partial charge in [0, 0.05) is 60.2 Å². The summed E-state index contributed by atoms with van der Waals surface area (Å²) in [7, 11) is 6.23. The van der Waals surface area contributed by atoms with Crippen molar-refractivity contribution in [1.29, 1.82) is 0 Å². The van der Waals surface area contributed by atoms with Crippen LogP contribution in [0.3, 0.4) is 0 Å². The molecule has 0 bridgehead atoms. The number of carboxylic acid groups (broad SMARTS) is 1. The molecule has 2 aliphatic rings. The topological polar surface area (TPSA) is 213 Å². The predicted octanol–water partition coefficient (Wildman–Crippen LogP) is 7.20. The minimum absolute atomic E-state index is 0.0346. The predicted molar refractivity (Wildman–Crippen MR) is 291 cm³/mol. The zero-order chi connectivity index (χ0) is 55.9. The quantitative estimate of drug-likeness (QED) is 0.0534. The summed E-state index contributed by atoms with van der Waals surface area (Å²) in [6, 6.07) is 22.2. The molecule has 7 unspecified atom stereocenters. The number of hydrogen-bond donors (Lipinski definition) is 4. The Labute approximate surface area is 450 Å². The summed E-state index contributed by atoms with van der Waals surface area (Å²) in [6.45, 7) is 13.6. The Bertz CT molecular complexity index is 2400. The molecule has 1 aliphatic heterocycles. The Kier molecular flexibility index (Phi) is 22.4. The number of likely N-dealkylation sites (N-methyl/N-ethyl adjacent to an activating group) is 2. The maximum absolute atomic E-state index is 14.6. The van der Waals surface area contributed by atoms with Gasteiger partial charge in [0.05, 0.1) is 36.6 Å². The molecule has 3 aromatic rings. The Balaban J connectivity index is 1.12. The van der Waals surface area contributed by atoms with Crippen LogP contribution in [0.5, 0.6) is 0 Å². The van der Waals surface area contributed by atoms with Crippen LogP contribution in [0.1, 0.15) is 122 Å². The van der Waals surface area contributed by atoms with E-state index in [1.807, 2.05) is 58.0 Å². The van der Waals surface area contributed by atoms with E-state index in [2.05, 4.69) is 40.2 Å². The lowest BCUT2D eigenvalue weighted by Crippen LogP contribution is -2.62. The van der Waals surface area contributed by atoms with Crippen molar-refractivity contribution < 1.29 is 52.9 Å². The molecule has 4 N–H and O–H groups in total. The van der Waals surface area contributed by atoms with Crippen molar-refractivity contribution in [2.24, 2.45) is 17.8 Å². The van der Waals surface area contributed by atoms with Gasteiger partial charge >= 0.3 is 12.1 Å². The lowest BCUT2D eigenvalue weighted by atomic mass is 9.89. The van der Waals surface area contributed by atoms with Gasteiger partial charge in [-0.2, -0.15) is 0 Å². The summed E-state index contributed by atoms with van der Waals surface area (Å²) in [6.07, 6.45) is 1.94. The minimum atomic E-state index is -1.32. The van der Waals surface area contributed by atoms with E-state index in [9.17, 15) is 38.7 Å². The summed E-state index contributed by atoms with van der Waals surface area (Å²) in [4.78, 5) is 99.8. The molecule has 5 rings (SSSR count). The molecule has 0 spiro atoms. The van der Waals surface area contributed by atoms with Crippen molar-refractivity contribution in [3.05, 3.63) is 95.6 Å². The number of likely N-dealkylation sites (tertiary alicyclic amines) is 1. The minimum Gasteiger partial charge on any atom is -0.480 e. The number of carbonyl (C=O) groups excluding carboxylic acids is 6. The number of hydrogen-bond acceptors (Lipinski definition) is 10. The first kappa shape index (κ1) is 60.5. The third kappa shape index (κ3) is 15.0. The van der Waals surface area contributed by atoms with Gasteiger partial charge in [0.1, 0.15) is 24.2 Å². The van der Waals surface area contributed by atoms with E-state index in [-0.39, 0.29) is 61.3 Å². The van der Waals surface area contributed by atoms with Crippen molar-refractivity contribution in [1.82, 2.24) is 30.7 Å². The van der Waals surface area contributed by atoms with E-state index in [1.54, 1.807) is 68.9 Å². The number of carbonyl (C=O) groups is 7. The van der Waals surface area contributed by atoms with E-state index in [0.29, 0.717) is 51.6 Å². The molecule has 1 fully saturated rings. The number of ether oxygens (including phenoxy) is 3. The third-order valence-corrected chi connectivity index (χ3v) is 15.8. The lowest BCUT2D eigenvalue weighted by molar-refractivity contribution is -0.150. The molecular formula is C59H84N6O11. The van der Waals surface area contributed by atoms with Gasteiger partial charge in [-0.15, -0.1) is 0 Å². The number of fused-ring (bicyclic) bond motifs is 3. The maximum atomic E-state index is 14.6. The molecule has 8 atom stereocenters. The van der Waals surface area contributed by atoms with E-state index >= 15 is 0 Å².